The second-order valence-corrected chi connectivity index (χ2v) is 9.50. The molecule has 35 heavy (non-hydrogen) atoms. The van der Waals surface area contributed by atoms with Gasteiger partial charge >= 0.3 is 0 Å². The van der Waals surface area contributed by atoms with Crippen LogP contribution in [0.2, 0.25) is 10.0 Å². The highest BCUT2D eigenvalue weighted by molar-refractivity contribution is 6.42. The summed E-state index contributed by atoms with van der Waals surface area (Å²) in [5.41, 5.74) is 3.54. The Balaban J connectivity index is 1.48. The van der Waals surface area contributed by atoms with Crippen molar-refractivity contribution < 1.29 is 9.21 Å². The summed E-state index contributed by atoms with van der Waals surface area (Å²) in [5.74, 6) is 0.227. The number of hydrogen-bond donors (Lipinski definition) is 2. The van der Waals surface area contributed by atoms with Crippen molar-refractivity contribution in [1.29, 1.82) is 0 Å². The summed E-state index contributed by atoms with van der Waals surface area (Å²) in [6, 6.07) is 13.9. The molecular weight excluding hydrogens is 485 g/mol. The number of aromatic nitrogens is 2. The van der Waals surface area contributed by atoms with Gasteiger partial charge in [-0.25, -0.2) is 4.98 Å². The van der Waals surface area contributed by atoms with Crippen molar-refractivity contribution in [2.75, 3.05) is 33.7 Å². The monoisotopic (exact) mass is 513 g/mol. The number of fused-ring (bicyclic) bond motifs is 1. The van der Waals surface area contributed by atoms with Crippen LogP contribution in [0.15, 0.2) is 59.3 Å². The van der Waals surface area contributed by atoms with Gasteiger partial charge < -0.3 is 19.6 Å². The highest BCUT2D eigenvalue weighted by Gasteiger charge is 2.17. The van der Waals surface area contributed by atoms with Crippen LogP contribution < -0.4 is 5.32 Å². The van der Waals surface area contributed by atoms with E-state index in [9.17, 15) is 4.79 Å². The van der Waals surface area contributed by atoms with E-state index in [0.717, 1.165) is 30.6 Å². The first kappa shape index (κ1) is 25.3. The standard InChI is InChI=1S/C26H29Cl2N5O2/c1-32(2)13-11-29-26(34)23-17-35-24(31-23)16-33(15-19-6-5-8-21(27)25(19)28)12-10-18-14-30-22-9-4-3-7-20(18)22/h3-9,14,17,30H,10-13,15-16H2,1-2H3,(H,29,34). The van der Waals surface area contributed by atoms with Crippen molar-refractivity contribution in [3.05, 3.63) is 87.7 Å². The summed E-state index contributed by atoms with van der Waals surface area (Å²) >= 11 is 12.7. The SMILES string of the molecule is CN(C)CCNC(=O)c1coc(CN(CCc2c[nH]c3ccccc23)Cc2cccc(Cl)c2Cl)n1. The third-order valence-corrected chi connectivity index (χ3v) is 6.64. The third kappa shape index (κ3) is 6.64. The Morgan fingerprint density at radius 3 is 2.71 bits per heavy atom. The molecule has 9 heteroatoms. The van der Waals surface area contributed by atoms with Gasteiger partial charge in [0.1, 0.15) is 6.26 Å². The molecule has 2 aromatic carbocycles. The average Bonchev–Trinajstić information content (AvgIpc) is 3.47. The van der Waals surface area contributed by atoms with Gasteiger partial charge in [-0.2, -0.15) is 0 Å². The Hall–Kier alpha value is -2.84. The minimum Gasteiger partial charge on any atom is -0.447 e. The minimum absolute atomic E-state index is 0.245. The van der Waals surface area contributed by atoms with Crippen molar-refractivity contribution in [1.82, 2.24) is 25.1 Å². The first-order valence-electron chi connectivity index (χ1n) is 11.5. The Kier molecular flexibility index (Phi) is 8.46. The summed E-state index contributed by atoms with van der Waals surface area (Å²) in [4.78, 5) is 24.4. The number of carbonyl (C=O) groups is 1. The van der Waals surface area contributed by atoms with Crippen LogP contribution in [0.1, 0.15) is 27.5 Å². The third-order valence-electron chi connectivity index (χ3n) is 5.79. The fraction of sp³-hybridized carbons (Fsp3) is 0.308. The Bertz CT molecular complexity index is 1280. The first-order valence-corrected chi connectivity index (χ1v) is 12.2. The summed E-state index contributed by atoms with van der Waals surface area (Å²) in [5, 5.41) is 5.13. The van der Waals surface area contributed by atoms with Gasteiger partial charge in [-0.15, -0.1) is 0 Å². The second kappa shape index (κ2) is 11.7. The smallest absolute Gasteiger partial charge is 0.273 e. The molecule has 0 aliphatic heterocycles. The second-order valence-electron chi connectivity index (χ2n) is 8.72. The van der Waals surface area contributed by atoms with Crippen molar-refractivity contribution in [2.45, 2.75) is 19.5 Å². The van der Waals surface area contributed by atoms with E-state index < -0.39 is 0 Å². The lowest BCUT2D eigenvalue weighted by atomic mass is 10.1. The normalized spacial score (nSPS) is 11.6. The number of amides is 1. The van der Waals surface area contributed by atoms with E-state index in [1.165, 1.54) is 17.2 Å². The number of benzene rings is 2. The van der Waals surface area contributed by atoms with Crippen LogP contribution in [0.3, 0.4) is 0 Å². The molecular formula is C26H29Cl2N5O2. The van der Waals surface area contributed by atoms with Crippen LogP contribution in [0, 0.1) is 0 Å². The number of nitrogens with zero attached hydrogens (tertiary/aromatic N) is 3. The van der Waals surface area contributed by atoms with Crippen LogP contribution in [-0.2, 0) is 19.5 Å². The summed E-state index contributed by atoms with van der Waals surface area (Å²) in [6.45, 7) is 3.01. The molecule has 0 unspecified atom stereocenters. The minimum atomic E-state index is -0.245. The largest absolute Gasteiger partial charge is 0.447 e. The molecule has 7 nitrogen and oxygen atoms in total. The predicted molar refractivity (Wildman–Crippen MR) is 140 cm³/mol. The number of likely N-dealkylation sites (N-methyl/N-ethyl adjacent to an activating group) is 1. The number of rotatable bonds is 11. The first-order chi connectivity index (χ1) is 16.9. The molecule has 0 aliphatic rings. The van der Waals surface area contributed by atoms with Crippen LogP contribution in [0.5, 0.6) is 0 Å². The maximum atomic E-state index is 12.4. The zero-order valence-electron chi connectivity index (χ0n) is 19.9. The van der Waals surface area contributed by atoms with E-state index in [2.05, 4.69) is 38.5 Å². The fourth-order valence-electron chi connectivity index (χ4n) is 3.91. The van der Waals surface area contributed by atoms with Crippen molar-refractivity contribution in [3.8, 4) is 0 Å². The Morgan fingerprint density at radius 1 is 1.06 bits per heavy atom. The predicted octanol–water partition coefficient (Wildman–Crippen LogP) is 5.00. The van der Waals surface area contributed by atoms with Gasteiger partial charge in [-0.1, -0.05) is 53.5 Å². The lowest BCUT2D eigenvalue weighted by Crippen LogP contribution is -2.31. The van der Waals surface area contributed by atoms with Crippen LogP contribution in [0.25, 0.3) is 10.9 Å². The molecule has 2 aromatic heterocycles. The highest BCUT2D eigenvalue weighted by atomic mass is 35.5. The number of H-pyrrole nitrogens is 1. The maximum absolute atomic E-state index is 12.4. The van der Waals surface area contributed by atoms with Gasteiger partial charge in [0.2, 0.25) is 5.89 Å². The number of aromatic amines is 1. The molecule has 1 amide bonds. The van der Waals surface area contributed by atoms with Gasteiger partial charge in [0.05, 0.1) is 16.6 Å². The Labute approximate surface area is 215 Å². The quantitative estimate of drug-likeness (QED) is 0.295. The molecule has 0 saturated carbocycles. The van der Waals surface area contributed by atoms with Crippen molar-refractivity contribution in [2.24, 2.45) is 0 Å². The number of oxazole rings is 1. The van der Waals surface area contributed by atoms with E-state index in [0.29, 0.717) is 35.6 Å². The van der Waals surface area contributed by atoms with Crippen molar-refractivity contribution in [3.63, 3.8) is 0 Å². The fourth-order valence-corrected chi connectivity index (χ4v) is 4.29. The van der Waals surface area contributed by atoms with Crippen LogP contribution in [0.4, 0.5) is 0 Å². The molecule has 4 rings (SSSR count). The molecule has 0 bridgehead atoms. The summed E-state index contributed by atoms with van der Waals surface area (Å²) < 4.78 is 5.65. The van der Waals surface area contributed by atoms with Gasteiger partial charge in [0.25, 0.3) is 5.91 Å². The topological polar surface area (TPSA) is 77.4 Å². The molecule has 0 spiro atoms. The molecule has 4 aromatic rings. The highest BCUT2D eigenvalue weighted by Crippen LogP contribution is 2.27. The molecule has 0 saturated heterocycles. The number of hydrogen-bond acceptors (Lipinski definition) is 5. The van der Waals surface area contributed by atoms with E-state index in [-0.39, 0.29) is 11.6 Å². The molecule has 0 aliphatic carbocycles. The Morgan fingerprint density at radius 2 is 1.89 bits per heavy atom. The molecule has 2 heterocycles. The summed E-state index contributed by atoms with van der Waals surface area (Å²) in [6.07, 6.45) is 4.28. The molecule has 0 fully saturated rings. The van der Waals surface area contributed by atoms with E-state index in [1.54, 1.807) is 6.07 Å². The number of nitrogens with one attached hydrogen (secondary N) is 2. The maximum Gasteiger partial charge on any atom is 0.273 e. The van der Waals surface area contributed by atoms with Crippen LogP contribution >= 0.6 is 23.2 Å². The average molecular weight is 514 g/mol. The van der Waals surface area contributed by atoms with Gasteiger partial charge in [-0.3, -0.25) is 9.69 Å². The zero-order chi connectivity index (χ0) is 24.8. The van der Waals surface area contributed by atoms with Crippen molar-refractivity contribution >= 4 is 40.0 Å². The number of para-hydroxylation sites is 1. The van der Waals surface area contributed by atoms with Crippen LogP contribution in [-0.4, -0.2) is 59.4 Å². The van der Waals surface area contributed by atoms with Gasteiger partial charge in [0, 0.05) is 43.3 Å². The van der Waals surface area contributed by atoms with Gasteiger partial charge in [-0.05, 0) is 43.8 Å². The molecule has 0 atom stereocenters. The number of halogens is 2. The molecule has 184 valence electrons. The molecule has 2 N–H and O–H groups in total. The molecule has 0 radical (unpaired) electrons. The zero-order valence-corrected chi connectivity index (χ0v) is 21.4. The van der Waals surface area contributed by atoms with E-state index in [4.69, 9.17) is 27.6 Å². The lowest BCUT2D eigenvalue weighted by molar-refractivity contribution is 0.0946. The lowest BCUT2D eigenvalue weighted by Gasteiger charge is -2.21. The van der Waals surface area contributed by atoms with Gasteiger partial charge in [0.15, 0.2) is 5.69 Å². The summed E-state index contributed by atoms with van der Waals surface area (Å²) in [7, 11) is 3.91. The van der Waals surface area contributed by atoms with E-state index in [1.807, 2.05) is 43.3 Å². The van der Waals surface area contributed by atoms with E-state index >= 15 is 0 Å². The number of carbonyl (C=O) groups excluding carboxylic acids is 1.